The number of unbranched alkanes of at least 4 members (excludes halogenated alkanes) is 1. The standard InChI is InChI=1S/C4H9.C4H6.4CH4.8ClH.2Li.2Ti/c2*1-3-4-2;;;;;;;;;;;;;;;;/h1,3-4H2,2H3;1-2H3;4*1H4;8*1H;;;;/q-1;;;;;;;;;;;;;;2*+1;+3;+4/p-8. The van der Waals surface area contributed by atoms with Crippen molar-refractivity contribution in [3.05, 3.63) is 6.92 Å². The molecule has 0 aliphatic rings. The Bertz CT molecular complexity index is 169. The SMILES string of the molecule is C.C.C.C.CC#CC.[CH2-]CCC.[Cl-].[Cl][Ti]([Cl])([Cl])[Cl].[Cl][Ti]([Cl])[Cl].[Li+].[Li+]. The Labute approximate surface area is 220 Å². The summed E-state index contributed by atoms with van der Waals surface area (Å²) < 4.78 is 0. The number of hydrogen-bond donors (Lipinski definition) is 0. The van der Waals surface area contributed by atoms with E-state index in [-0.39, 0.29) is 79.8 Å². The second kappa shape index (κ2) is 63.1. The summed E-state index contributed by atoms with van der Waals surface area (Å²) in [5.41, 5.74) is 0. The van der Waals surface area contributed by atoms with Gasteiger partial charge in [0.25, 0.3) is 0 Å². The van der Waals surface area contributed by atoms with Crippen LogP contribution in [0, 0.1) is 18.8 Å². The van der Waals surface area contributed by atoms with Crippen LogP contribution in [0.15, 0.2) is 0 Å². The van der Waals surface area contributed by atoms with Gasteiger partial charge in [0.05, 0.1) is 0 Å². The van der Waals surface area contributed by atoms with Crippen LogP contribution in [0.1, 0.15) is 63.3 Å². The molecule has 0 rings (SSSR count). The van der Waals surface area contributed by atoms with Crippen LogP contribution in [-0.2, 0) is 27.0 Å². The van der Waals surface area contributed by atoms with Gasteiger partial charge >= 0.3 is 130 Å². The van der Waals surface area contributed by atoms with E-state index in [1.807, 2.05) is 13.8 Å². The molecule has 0 nitrogen and oxygen atoms in total. The minimum Gasteiger partial charge on any atom is 1.00 e. The van der Waals surface area contributed by atoms with Crippen molar-refractivity contribution in [1.82, 2.24) is 0 Å². The van der Waals surface area contributed by atoms with Crippen molar-refractivity contribution in [3.63, 3.8) is 0 Å². The van der Waals surface area contributed by atoms with Gasteiger partial charge in [-0.25, -0.2) is 0 Å². The molecule has 0 aliphatic carbocycles. The van der Waals surface area contributed by atoms with E-state index in [9.17, 15) is 0 Å². The molecular weight excluding hydrogens is 537 g/mol. The number of hydrogen-bond acceptors (Lipinski definition) is 0. The van der Waals surface area contributed by atoms with Gasteiger partial charge in [0.15, 0.2) is 0 Å². The Hall–Kier alpha value is 4.50. The van der Waals surface area contributed by atoms with Crippen molar-refractivity contribution < 1.29 is 77.2 Å². The van der Waals surface area contributed by atoms with Gasteiger partial charge in [0, 0.05) is 0 Å². The van der Waals surface area contributed by atoms with Crippen molar-refractivity contribution in [2.75, 3.05) is 0 Å². The molecule has 0 saturated carbocycles. The maximum absolute atomic E-state index is 5.01. The van der Waals surface area contributed by atoms with Crippen LogP contribution >= 0.6 is 65.1 Å². The third-order valence-electron chi connectivity index (χ3n) is 0.604. The fourth-order valence-electron chi connectivity index (χ4n) is 0. The molecule has 0 N–H and O–H groups in total. The zero-order chi connectivity index (χ0) is 14.9. The summed E-state index contributed by atoms with van der Waals surface area (Å²) in [5, 5.41) is 0. The second-order valence-electron chi connectivity index (χ2n) is 2.00. The molecule has 0 aliphatic heterocycles. The second-order valence-corrected chi connectivity index (χ2v) is 25.2. The van der Waals surface area contributed by atoms with E-state index in [1.54, 1.807) is 0 Å². The molecule has 0 fully saturated rings. The van der Waals surface area contributed by atoms with Crippen LogP contribution in [0.3, 0.4) is 0 Å². The summed E-state index contributed by atoms with van der Waals surface area (Å²) in [6.07, 6.45) is 2.28. The first-order chi connectivity index (χ1) is 7.56. The Kier molecular flexibility index (Phi) is 185. The molecule has 0 unspecified atom stereocenters. The zero-order valence-electron chi connectivity index (χ0n) is 12.1. The largest absolute Gasteiger partial charge is 1.00 e. The fourth-order valence-corrected chi connectivity index (χ4v) is 0. The molecule has 12 heteroatoms. The van der Waals surface area contributed by atoms with Crippen molar-refractivity contribution in [2.45, 2.75) is 63.3 Å². The monoisotopic (exact) mass is 565 g/mol. The van der Waals surface area contributed by atoms with E-state index in [1.165, 1.54) is 6.42 Å². The van der Waals surface area contributed by atoms with Gasteiger partial charge < -0.3 is 19.3 Å². The van der Waals surface area contributed by atoms with E-state index >= 15 is 0 Å². The maximum atomic E-state index is 5.01. The van der Waals surface area contributed by atoms with Crippen LogP contribution in [0.5, 0.6) is 0 Å². The summed E-state index contributed by atoms with van der Waals surface area (Å²) >= 11 is -5.03. The van der Waals surface area contributed by atoms with Gasteiger partial charge in [-0.15, -0.1) is 11.8 Å². The van der Waals surface area contributed by atoms with E-state index in [0.29, 0.717) is 0 Å². The molecule has 0 atom stereocenters. The predicted octanol–water partition coefficient (Wildman–Crippen LogP) is 1.03. The minimum absolute atomic E-state index is 0. The van der Waals surface area contributed by atoms with Crippen LogP contribution in [0.2, 0.25) is 0 Å². The first-order valence-electron chi connectivity index (χ1n) is 4.28. The molecule has 0 saturated heterocycles. The van der Waals surface area contributed by atoms with Gasteiger partial charge in [0.2, 0.25) is 0 Å². The molecular formula is C12H31Cl8Li2Ti2. The zero-order valence-corrected chi connectivity index (χ0v) is 21.3. The van der Waals surface area contributed by atoms with Crippen LogP contribution in [0.4, 0.5) is 0 Å². The summed E-state index contributed by atoms with van der Waals surface area (Å²) in [6.45, 7) is 9.36. The first-order valence-corrected chi connectivity index (χ1v) is 19.3. The van der Waals surface area contributed by atoms with E-state index in [0.717, 1.165) is 6.42 Å². The molecule has 0 aromatic heterocycles. The molecule has 0 radical (unpaired) electrons. The van der Waals surface area contributed by atoms with E-state index in [4.69, 9.17) is 65.1 Å². The smallest absolute Gasteiger partial charge is 1.00 e. The summed E-state index contributed by atoms with van der Waals surface area (Å²) in [7, 11) is 35.0. The summed E-state index contributed by atoms with van der Waals surface area (Å²) in [4.78, 5) is 0. The van der Waals surface area contributed by atoms with E-state index in [2.05, 4.69) is 25.7 Å². The topological polar surface area (TPSA) is 0 Å². The molecule has 0 aromatic carbocycles. The summed E-state index contributed by atoms with van der Waals surface area (Å²) in [5.74, 6) is 5.36. The van der Waals surface area contributed by atoms with Gasteiger partial charge in [-0.1, -0.05) is 43.1 Å². The van der Waals surface area contributed by atoms with Crippen molar-refractivity contribution in [3.8, 4) is 11.8 Å². The average Bonchev–Trinajstić information content (AvgIpc) is 2.14. The Balaban J connectivity index is -0.00000000954. The average molecular weight is 569 g/mol. The molecule has 0 spiro atoms. The molecule has 0 amide bonds. The number of rotatable bonds is 1. The Morgan fingerprint density at radius 2 is 0.917 bits per heavy atom. The van der Waals surface area contributed by atoms with Crippen LogP contribution in [-0.4, -0.2) is 0 Å². The van der Waals surface area contributed by atoms with Crippen molar-refractivity contribution in [2.24, 2.45) is 0 Å². The molecule has 0 aromatic rings. The predicted molar refractivity (Wildman–Crippen MR) is 107 cm³/mol. The maximum Gasteiger partial charge on any atom is 1.00 e. The third kappa shape index (κ3) is 408. The van der Waals surface area contributed by atoms with Gasteiger partial charge in [0.1, 0.15) is 0 Å². The van der Waals surface area contributed by atoms with Crippen molar-refractivity contribution in [1.29, 1.82) is 0 Å². The third-order valence-corrected chi connectivity index (χ3v) is 0.604. The van der Waals surface area contributed by atoms with Crippen LogP contribution < -0.4 is 50.1 Å². The quantitative estimate of drug-likeness (QED) is 0.252. The van der Waals surface area contributed by atoms with E-state index < -0.39 is 27.0 Å². The fraction of sp³-hybridized carbons (Fsp3) is 0.750. The van der Waals surface area contributed by atoms with Crippen LogP contribution in [0.25, 0.3) is 0 Å². The number of halogens is 8. The first kappa shape index (κ1) is 70.4. The van der Waals surface area contributed by atoms with Gasteiger partial charge in [-0.3, -0.25) is 0 Å². The van der Waals surface area contributed by atoms with Crippen molar-refractivity contribution >= 4 is 65.1 Å². The molecule has 24 heavy (non-hydrogen) atoms. The molecule has 0 heterocycles. The van der Waals surface area contributed by atoms with Gasteiger partial charge in [-0.05, 0) is 13.8 Å². The normalized spacial score (nSPS) is 5.46. The Morgan fingerprint density at radius 1 is 0.833 bits per heavy atom. The molecule has 0 bridgehead atoms. The minimum atomic E-state index is -3.11. The molecule has 145 valence electrons. The Morgan fingerprint density at radius 3 is 0.917 bits per heavy atom. The van der Waals surface area contributed by atoms with Gasteiger partial charge in [-0.2, -0.15) is 6.42 Å². The summed E-state index contributed by atoms with van der Waals surface area (Å²) in [6, 6.07) is 0.